The molecule has 3 rings (SSSR count). The molecule has 0 spiro atoms. The van der Waals surface area contributed by atoms with Gasteiger partial charge in [-0.05, 0) is 26.2 Å². The van der Waals surface area contributed by atoms with Crippen LogP contribution in [0.15, 0.2) is 18.0 Å². The lowest BCUT2D eigenvalue weighted by molar-refractivity contribution is -0.128. The van der Waals surface area contributed by atoms with E-state index in [0.717, 1.165) is 37.1 Å². The molecular formula is C16H23N3O2. The van der Waals surface area contributed by atoms with Crippen LogP contribution in [0.4, 0.5) is 0 Å². The van der Waals surface area contributed by atoms with Gasteiger partial charge in [0.1, 0.15) is 0 Å². The Hall–Kier alpha value is -1.62. The number of hydrogen-bond acceptors (Lipinski definition) is 3. The summed E-state index contributed by atoms with van der Waals surface area (Å²) < 4.78 is 7.68. The molecule has 5 nitrogen and oxygen atoms in total. The maximum Gasteiger partial charge on any atom is 0.249 e. The third kappa shape index (κ3) is 2.75. The van der Waals surface area contributed by atoms with Crippen LogP contribution >= 0.6 is 0 Å². The van der Waals surface area contributed by atoms with Crippen LogP contribution in [0.2, 0.25) is 0 Å². The highest BCUT2D eigenvalue weighted by atomic mass is 16.5. The van der Waals surface area contributed by atoms with Gasteiger partial charge in [0.2, 0.25) is 5.91 Å². The molecule has 21 heavy (non-hydrogen) atoms. The molecule has 1 aromatic rings. The summed E-state index contributed by atoms with van der Waals surface area (Å²) >= 11 is 0. The van der Waals surface area contributed by atoms with E-state index in [-0.39, 0.29) is 11.8 Å². The number of nitrogens with zero attached hydrogens (tertiary/aromatic N) is 3. The summed E-state index contributed by atoms with van der Waals surface area (Å²) in [5.74, 6) is 0.400. The number of aryl methyl sites for hydroxylation is 1. The van der Waals surface area contributed by atoms with Crippen molar-refractivity contribution in [2.24, 2.45) is 7.05 Å². The van der Waals surface area contributed by atoms with Crippen molar-refractivity contribution >= 4 is 5.91 Å². The Bertz CT molecular complexity index is 562. The first-order chi connectivity index (χ1) is 10.2. The minimum absolute atomic E-state index is 0.185. The van der Waals surface area contributed by atoms with Gasteiger partial charge < -0.3 is 14.2 Å². The first-order valence-corrected chi connectivity index (χ1v) is 7.76. The predicted molar refractivity (Wildman–Crippen MR) is 79.8 cm³/mol. The van der Waals surface area contributed by atoms with Crippen LogP contribution in [-0.2, 0) is 23.1 Å². The second-order valence-electron chi connectivity index (χ2n) is 5.85. The molecule has 2 heterocycles. The van der Waals surface area contributed by atoms with Crippen molar-refractivity contribution in [2.75, 3.05) is 19.8 Å². The Morgan fingerprint density at radius 3 is 3.10 bits per heavy atom. The van der Waals surface area contributed by atoms with Gasteiger partial charge >= 0.3 is 0 Å². The summed E-state index contributed by atoms with van der Waals surface area (Å²) in [4.78, 5) is 19.0. The molecule has 0 fully saturated rings. The van der Waals surface area contributed by atoms with Crippen LogP contribution in [0.3, 0.4) is 0 Å². The van der Waals surface area contributed by atoms with Gasteiger partial charge in [0.25, 0.3) is 0 Å². The van der Waals surface area contributed by atoms with Gasteiger partial charge in [0.15, 0.2) is 0 Å². The van der Waals surface area contributed by atoms with Crippen molar-refractivity contribution < 1.29 is 9.53 Å². The van der Waals surface area contributed by atoms with Crippen molar-refractivity contribution in [1.82, 2.24) is 14.5 Å². The summed E-state index contributed by atoms with van der Waals surface area (Å²) in [6.07, 6.45) is 6.99. The number of rotatable bonds is 4. The minimum atomic E-state index is 0.185. The van der Waals surface area contributed by atoms with Crippen LogP contribution in [0.5, 0.6) is 0 Å². The van der Waals surface area contributed by atoms with E-state index >= 15 is 0 Å². The molecule has 114 valence electrons. The van der Waals surface area contributed by atoms with E-state index < -0.39 is 0 Å². The van der Waals surface area contributed by atoms with E-state index in [0.29, 0.717) is 19.8 Å². The number of imidazole rings is 1. The maximum absolute atomic E-state index is 12.6. The van der Waals surface area contributed by atoms with Crippen LogP contribution < -0.4 is 0 Å². The number of ether oxygens (including phenoxy) is 1. The van der Waals surface area contributed by atoms with Gasteiger partial charge in [-0.3, -0.25) is 4.79 Å². The normalized spacial score (nSPS) is 21.3. The molecule has 0 unspecified atom stereocenters. The summed E-state index contributed by atoms with van der Waals surface area (Å²) in [6, 6.07) is 0. The van der Waals surface area contributed by atoms with Gasteiger partial charge in [0, 0.05) is 37.4 Å². The van der Waals surface area contributed by atoms with Gasteiger partial charge in [-0.25, -0.2) is 4.98 Å². The fraction of sp³-hybridized carbons (Fsp3) is 0.625. The molecule has 1 amide bonds. The molecule has 5 heteroatoms. The van der Waals surface area contributed by atoms with E-state index in [2.05, 4.69) is 15.6 Å². The Labute approximate surface area is 125 Å². The lowest BCUT2D eigenvalue weighted by atomic mass is 9.98. The zero-order valence-electron chi connectivity index (χ0n) is 12.8. The fourth-order valence-corrected chi connectivity index (χ4v) is 3.35. The van der Waals surface area contributed by atoms with Crippen LogP contribution in [0.25, 0.3) is 0 Å². The molecule has 1 aromatic heterocycles. The Balaban J connectivity index is 1.81. The largest absolute Gasteiger partial charge is 0.381 e. The number of hydrogen-bond donors (Lipinski definition) is 0. The summed E-state index contributed by atoms with van der Waals surface area (Å²) in [6.45, 7) is 4.69. The van der Waals surface area contributed by atoms with Crippen molar-refractivity contribution in [3.63, 3.8) is 0 Å². The van der Waals surface area contributed by atoms with E-state index in [1.807, 2.05) is 25.2 Å². The van der Waals surface area contributed by atoms with E-state index in [1.165, 1.54) is 5.69 Å². The summed E-state index contributed by atoms with van der Waals surface area (Å²) in [7, 11) is 2.02. The lowest BCUT2D eigenvalue weighted by Gasteiger charge is -2.33. The third-order valence-electron chi connectivity index (χ3n) is 4.36. The first kappa shape index (κ1) is 14.3. The molecule has 1 aliphatic heterocycles. The molecule has 1 atom stereocenters. The first-order valence-electron chi connectivity index (χ1n) is 7.76. The quantitative estimate of drug-likeness (QED) is 0.851. The lowest BCUT2D eigenvalue weighted by Crippen LogP contribution is -2.40. The van der Waals surface area contributed by atoms with E-state index in [9.17, 15) is 4.79 Å². The Morgan fingerprint density at radius 2 is 2.38 bits per heavy atom. The van der Waals surface area contributed by atoms with Gasteiger partial charge in [-0.15, -0.1) is 0 Å². The highest BCUT2D eigenvalue weighted by Crippen LogP contribution is 2.30. The molecule has 0 bridgehead atoms. The molecule has 0 aromatic carbocycles. The Morgan fingerprint density at radius 1 is 1.52 bits per heavy atom. The standard InChI is InChI=1S/C16H23N3O2/c1-3-21-10-13-8-19(16(20)12-6-4-5-7-12)9-14-15(13)18(2)11-17-14/h6,11,13H,3-5,7-10H2,1-2H3/t13-/m0/s1. The maximum atomic E-state index is 12.6. The molecule has 1 aliphatic carbocycles. The highest BCUT2D eigenvalue weighted by molar-refractivity contribution is 5.94. The number of carbonyl (C=O) groups excluding carboxylic acids is 1. The number of allylic oxidation sites excluding steroid dienone is 1. The molecule has 0 N–H and O–H groups in total. The number of amides is 1. The molecule has 0 saturated heterocycles. The van der Waals surface area contributed by atoms with Crippen LogP contribution in [0.1, 0.15) is 43.5 Å². The van der Waals surface area contributed by atoms with Gasteiger partial charge in [-0.1, -0.05) is 6.08 Å². The number of fused-ring (bicyclic) bond motifs is 1. The van der Waals surface area contributed by atoms with Crippen LogP contribution in [0, 0.1) is 0 Å². The molecular weight excluding hydrogens is 266 g/mol. The second kappa shape index (κ2) is 6.02. The smallest absolute Gasteiger partial charge is 0.249 e. The Kier molecular flexibility index (Phi) is 4.10. The zero-order chi connectivity index (χ0) is 14.8. The van der Waals surface area contributed by atoms with Gasteiger partial charge in [-0.2, -0.15) is 0 Å². The predicted octanol–water partition coefficient (Wildman–Crippen LogP) is 1.99. The van der Waals surface area contributed by atoms with E-state index in [4.69, 9.17) is 4.74 Å². The summed E-state index contributed by atoms with van der Waals surface area (Å²) in [5.41, 5.74) is 3.21. The SMILES string of the molecule is CCOC[C@@H]1CN(C(=O)C2=CCCC2)Cc2ncn(C)c21. The minimum Gasteiger partial charge on any atom is -0.381 e. The average Bonchev–Trinajstić information content (AvgIpc) is 3.14. The summed E-state index contributed by atoms with van der Waals surface area (Å²) in [5, 5.41) is 0. The van der Waals surface area contributed by atoms with E-state index in [1.54, 1.807) is 0 Å². The monoisotopic (exact) mass is 289 g/mol. The highest BCUT2D eigenvalue weighted by Gasteiger charge is 2.32. The number of carbonyl (C=O) groups is 1. The molecule has 0 saturated carbocycles. The molecule has 2 aliphatic rings. The third-order valence-corrected chi connectivity index (χ3v) is 4.36. The average molecular weight is 289 g/mol. The molecule has 0 radical (unpaired) electrons. The van der Waals surface area contributed by atoms with Crippen molar-refractivity contribution in [3.8, 4) is 0 Å². The number of aromatic nitrogens is 2. The topological polar surface area (TPSA) is 47.4 Å². The second-order valence-corrected chi connectivity index (χ2v) is 5.85. The van der Waals surface area contributed by atoms with Crippen LogP contribution in [-0.4, -0.2) is 40.1 Å². The van der Waals surface area contributed by atoms with Crippen molar-refractivity contribution in [3.05, 3.63) is 29.4 Å². The van der Waals surface area contributed by atoms with Crippen molar-refractivity contribution in [2.45, 2.75) is 38.6 Å². The zero-order valence-corrected chi connectivity index (χ0v) is 12.8. The van der Waals surface area contributed by atoms with Crippen molar-refractivity contribution in [1.29, 1.82) is 0 Å². The fourth-order valence-electron chi connectivity index (χ4n) is 3.35. The van der Waals surface area contributed by atoms with Gasteiger partial charge in [0.05, 0.1) is 25.2 Å².